The van der Waals surface area contributed by atoms with Crippen molar-refractivity contribution in [2.75, 3.05) is 0 Å². The van der Waals surface area contributed by atoms with Crippen molar-refractivity contribution in [1.82, 2.24) is 10.3 Å². The van der Waals surface area contributed by atoms with E-state index in [1.54, 1.807) is 6.20 Å². The Bertz CT molecular complexity index is 344. The summed E-state index contributed by atoms with van der Waals surface area (Å²) >= 11 is 0. The molecule has 1 amide bonds. The summed E-state index contributed by atoms with van der Waals surface area (Å²) in [5, 5.41) is 2.81. The molecule has 0 saturated heterocycles. The van der Waals surface area contributed by atoms with Gasteiger partial charge in [0, 0.05) is 11.8 Å². The van der Waals surface area contributed by atoms with E-state index in [1.807, 2.05) is 38.1 Å². The summed E-state index contributed by atoms with van der Waals surface area (Å²) in [7, 11) is 0. The Hall–Kier alpha value is -1.64. The lowest BCUT2D eigenvalue weighted by atomic mass is 10.2. The van der Waals surface area contributed by atoms with Crippen molar-refractivity contribution >= 4 is 5.91 Å². The van der Waals surface area contributed by atoms with Crippen molar-refractivity contribution in [2.24, 2.45) is 0 Å². The molecule has 1 aromatic heterocycles. The van der Waals surface area contributed by atoms with Gasteiger partial charge in [0.05, 0.1) is 12.2 Å². The van der Waals surface area contributed by atoms with Crippen LogP contribution >= 0.6 is 0 Å². The maximum Gasteiger partial charge on any atom is 0.246 e. The van der Waals surface area contributed by atoms with E-state index in [4.69, 9.17) is 0 Å². The van der Waals surface area contributed by atoms with E-state index >= 15 is 0 Å². The fourth-order valence-corrected chi connectivity index (χ4v) is 1.21. The Kier molecular flexibility index (Phi) is 4.54. The molecule has 0 atom stereocenters. The van der Waals surface area contributed by atoms with Crippen molar-refractivity contribution in [3.8, 4) is 0 Å². The first-order chi connectivity index (χ1) is 7.24. The molecule has 0 aliphatic rings. The van der Waals surface area contributed by atoms with E-state index in [0.29, 0.717) is 6.54 Å². The second kappa shape index (κ2) is 5.96. The van der Waals surface area contributed by atoms with E-state index in [0.717, 1.165) is 17.7 Å². The molecule has 0 aromatic carbocycles. The van der Waals surface area contributed by atoms with E-state index < -0.39 is 0 Å². The number of carbonyl (C=O) groups is 1. The van der Waals surface area contributed by atoms with Crippen molar-refractivity contribution in [3.05, 3.63) is 41.7 Å². The van der Waals surface area contributed by atoms with Crippen LogP contribution in [-0.2, 0) is 11.3 Å². The van der Waals surface area contributed by atoms with Crippen LogP contribution in [0, 0.1) is 0 Å². The van der Waals surface area contributed by atoms with Crippen LogP contribution in [0.2, 0.25) is 0 Å². The largest absolute Gasteiger partial charge is 0.347 e. The maximum absolute atomic E-state index is 11.5. The third-order valence-electron chi connectivity index (χ3n) is 2.02. The number of hydrogen-bond donors (Lipinski definition) is 1. The number of hydrogen-bond acceptors (Lipinski definition) is 2. The quantitative estimate of drug-likeness (QED) is 0.763. The average molecular weight is 204 g/mol. The Morgan fingerprint density at radius 2 is 2.33 bits per heavy atom. The summed E-state index contributed by atoms with van der Waals surface area (Å²) in [6.45, 7) is 4.31. The fourth-order valence-electron chi connectivity index (χ4n) is 1.21. The first-order valence-corrected chi connectivity index (χ1v) is 5.09. The summed E-state index contributed by atoms with van der Waals surface area (Å²) in [5.41, 5.74) is 1.63. The fraction of sp³-hybridized carbons (Fsp3) is 0.333. The molecule has 1 heterocycles. The lowest BCUT2D eigenvalue weighted by Gasteiger charge is -2.04. The highest BCUT2D eigenvalue weighted by atomic mass is 16.1. The van der Waals surface area contributed by atoms with Crippen LogP contribution in [0.4, 0.5) is 0 Å². The summed E-state index contributed by atoms with van der Waals surface area (Å²) in [4.78, 5) is 15.6. The van der Waals surface area contributed by atoms with Gasteiger partial charge < -0.3 is 5.32 Å². The number of nitrogens with zero attached hydrogens (tertiary/aromatic N) is 1. The highest BCUT2D eigenvalue weighted by Gasteiger charge is 2.02. The van der Waals surface area contributed by atoms with Crippen LogP contribution in [0.5, 0.6) is 0 Å². The predicted molar refractivity (Wildman–Crippen MR) is 60.1 cm³/mol. The third kappa shape index (κ3) is 3.94. The molecule has 1 N–H and O–H groups in total. The van der Waals surface area contributed by atoms with Crippen molar-refractivity contribution in [1.29, 1.82) is 0 Å². The Labute approximate surface area is 90.2 Å². The van der Waals surface area contributed by atoms with Crippen molar-refractivity contribution < 1.29 is 4.79 Å². The molecule has 0 spiro atoms. The van der Waals surface area contributed by atoms with Gasteiger partial charge in [-0.2, -0.15) is 0 Å². The van der Waals surface area contributed by atoms with Gasteiger partial charge in [0.2, 0.25) is 5.91 Å². The standard InChI is InChI=1S/C12H16N2O/c1-3-6-10(2)12(15)14-9-11-7-4-5-8-13-11/h4-8H,3,9H2,1-2H3,(H,14,15)/b10-6-. The number of allylic oxidation sites excluding steroid dienone is 1. The number of carbonyl (C=O) groups excluding carboxylic acids is 1. The van der Waals surface area contributed by atoms with Gasteiger partial charge in [-0.05, 0) is 25.5 Å². The summed E-state index contributed by atoms with van der Waals surface area (Å²) < 4.78 is 0. The highest BCUT2D eigenvalue weighted by Crippen LogP contribution is 1.97. The summed E-state index contributed by atoms with van der Waals surface area (Å²) in [6, 6.07) is 5.65. The van der Waals surface area contributed by atoms with Gasteiger partial charge in [-0.3, -0.25) is 9.78 Å². The van der Waals surface area contributed by atoms with Crippen LogP contribution in [0.3, 0.4) is 0 Å². The predicted octanol–water partition coefficient (Wildman–Crippen LogP) is 2.05. The Morgan fingerprint density at radius 1 is 1.53 bits per heavy atom. The van der Waals surface area contributed by atoms with Gasteiger partial charge in [-0.25, -0.2) is 0 Å². The number of pyridine rings is 1. The van der Waals surface area contributed by atoms with E-state index in [9.17, 15) is 4.79 Å². The molecule has 15 heavy (non-hydrogen) atoms. The van der Waals surface area contributed by atoms with Crippen molar-refractivity contribution in [3.63, 3.8) is 0 Å². The van der Waals surface area contributed by atoms with Gasteiger partial charge >= 0.3 is 0 Å². The number of nitrogens with one attached hydrogen (secondary N) is 1. The van der Waals surface area contributed by atoms with E-state index in [-0.39, 0.29) is 5.91 Å². The number of aromatic nitrogens is 1. The topological polar surface area (TPSA) is 42.0 Å². The zero-order chi connectivity index (χ0) is 11.1. The summed E-state index contributed by atoms with van der Waals surface area (Å²) in [5.74, 6) is -0.0255. The third-order valence-corrected chi connectivity index (χ3v) is 2.02. The Balaban J connectivity index is 2.45. The lowest BCUT2D eigenvalue weighted by Crippen LogP contribution is -2.23. The molecule has 3 heteroatoms. The minimum atomic E-state index is -0.0255. The van der Waals surface area contributed by atoms with Gasteiger partial charge in [0.1, 0.15) is 0 Å². The molecular formula is C12H16N2O. The van der Waals surface area contributed by atoms with Crippen LogP contribution in [0.1, 0.15) is 26.0 Å². The first kappa shape index (κ1) is 11.4. The molecule has 0 fully saturated rings. The lowest BCUT2D eigenvalue weighted by molar-refractivity contribution is -0.117. The van der Waals surface area contributed by atoms with E-state index in [1.165, 1.54) is 0 Å². The molecule has 1 rings (SSSR count). The van der Waals surface area contributed by atoms with Crippen LogP contribution in [-0.4, -0.2) is 10.9 Å². The second-order valence-electron chi connectivity index (χ2n) is 3.30. The Morgan fingerprint density at radius 3 is 2.93 bits per heavy atom. The van der Waals surface area contributed by atoms with Crippen LogP contribution in [0.25, 0.3) is 0 Å². The molecule has 1 aromatic rings. The maximum atomic E-state index is 11.5. The van der Waals surface area contributed by atoms with Gasteiger partial charge in [0.15, 0.2) is 0 Å². The van der Waals surface area contributed by atoms with Crippen LogP contribution < -0.4 is 5.32 Å². The van der Waals surface area contributed by atoms with Gasteiger partial charge in [-0.1, -0.05) is 19.1 Å². The summed E-state index contributed by atoms with van der Waals surface area (Å²) in [6.07, 6.45) is 4.51. The molecule has 0 bridgehead atoms. The van der Waals surface area contributed by atoms with Crippen molar-refractivity contribution in [2.45, 2.75) is 26.8 Å². The zero-order valence-electron chi connectivity index (χ0n) is 9.16. The molecule has 0 aliphatic carbocycles. The first-order valence-electron chi connectivity index (χ1n) is 5.09. The molecule has 0 saturated carbocycles. The monoisotopic (exact) mass is 204 g/mol. The zero-order valence-corrected chi connectivity index (χ0v) is 9.16. The molecule has 0 unspecified atom stereocenters. The normalized spacial score (nSPS) is 11.2. The van der Waals surface area contributed by atoms with Gasteiger partial charge in [-0.15, -0.1) is 0 Å². The molecular weight excluding hydrogens is 188 g/mol. The smallest absolute Gasteiger partial charge is 0.246 e. The molecule has 80 valence electrons. The minimum absolute atomic E-state index is 0.0255. The number of rotatable bonds is 4. The average Bonchev–Trinajstić information content (AvgIpc) is 2.27. The molecule has 3 nitrogen and oxygen atoms in total. The van der Waals surface area contributed by atoms with Gasteiger partial charge in [0.25, 0.3) is 0 Å². The molecule has 0 aliphatic heterocycles. The number of amides is 1. The van der Waals surface area contributed by atoms with Crippen LogP contribution in [0.15, 0.2) is 36.0 Å². The second-order valence-corrected chi connectivity index (χ2v) is 3.30. The molecule has 0 radical (unpaired) electrons. The van der Waals surface area contributed by atoms with E-state index in [2.05, 4.69) is 10.3 Å². The minimum Gasteiger partial charge on any atom is -0.347 e. The highest BCUT2D eigenvalue weighted by molar-refractivity contribution is 5.92. The SMILES string of the molecule is CC/C=C(/C)C(=O)NCc1ccccn1.